The van der Waals surface area contributed by atoms with Gasteiger partial charge in [0, 0.05) is 24.7 Å². The summed E-state index contributed by atoms with van der Waals surface area (Å²) in [6.45, 7) is 6.61. The number of hydrogen-bond acceptors (Lipinski definition) is 2. The van der Waals surface area contributed by atoms with Gasteiger partial charge >= 0.3 is 0 Å². The monoisotopic (exact) mass is 358 g/mol. The van der Waals surface area contributed by atoms with Gasteiger partial charge in [-0.2, -0.15) is 0 Å². The largest absolute Gasteiger partial charge is 0.341 e. The van der Waals surface area contributed by atoms with Gasteiger partial charge in [0.05, 0.1) is 0 Å². The molecule has 144 valence electrons. The van der Waals surface area contributed by atoms with Crippen LogP contribution in [0, 0.1) is 0 Å². The molecule has 0 spiro atoms. The molecule has 1 aliphatic heterocycles. The number of fused-ring (bicyclic) bond motifs is 1. The van der Waals surface area contributed by atoms with Gasteiger partial charge in [-0.1, -0.05) is 64.5 Å². The average molecular weight is 359 g/mol. The first-order valence-electron chi connectivity index (χ1n) is 10.3. The molecule has 1 aromatic rings. The normalized spacial score (nSPS) is 16.0. The molecule has 0 bridgehead atoms. The van der Waals surface area contributed by atoms with E-state index in [0.717, 1.165) is 49.9 Å². The molecule has 26 heavy (non-hydrogen) atoms. The molecular weight excluding hydrogens is 324 g/mol. The summed E-state index contributed by atoms with van der Waals surface area (Å²) in [6, 6.07) is 5.79. The highest BCUT2D eigenvalue weighted by molar-refractivity contribution is 6.06. The van der Waals surface area contributed by atoms with Crippen molar-refractivity contribution in [3.63, 3.8) is 0 Å². The summed E-state index contributed by atoms with van der Waals surface area (Å²) < 4.78 is 0. The predicted molar refractivity (Wildman–Crippen MR) is 107 cm³/mol. The number of nitrogens with one attached hydrogen (secondary N) is 1. The van der Waals surface area contributed by atoms with Crippen LogP contribution in [0.3, 0.4) is 0 Å². The Hall–Kier alpha value is -1.84. The number of nitrogens with zero attached hydrogens (tertiary/aromatic N) is 1. The van der Waals surface area contributed by atoms with Gasteiger partial charge in [-0.15, -0.1) is 0 Å². The van der Waals surface area contributed by atoms with Crippen molar-refractivity contribution in [2.75, 3.05) is 11.4 Å². The van der Waals surface area contributed by atoms with Gasteiger partial charge in [0.25, 0.3) is 5.91 Å². The number of hydrogen-bond donors (Lipinski definition) is 1. The summed E-state index contributed by atoms with van der Waals surface area (Å²) in [4.78, 5) is 26.4. The van der Waals surface area contributed by atoms with Crippen molar-refractivity contribution in [2.45, 2.75) is 84.6 Å². The molecule has 1 aromatic carbocycles. The van der Waals surface area contributed by atoms with E-state index in [-0.39, 0.29) is 11.8 Å². The second kappa shape index (κ2) is 10.3. The van der Waals surface area contributed by atoms with Crippen LogP contribution in [0.2, 0.25) is 0 Å². The molecule has 0 radical (unpaired) electrons. The van der Waals surface area contributed by atoms with E-state index in [0.29, 0.717) is 0 Å². The number of carbonyl (C=O) groups excluding carboxylic acids is 2. The van der Waals surface area contributed by atoms with Crippen molar-refractivity contribution >= 4 is 17.5 Å². The fourth-order valence-electron chi connectivity index (χ4n) is 3.65. The van der Waals surface area contributed by atoms with Crippen LogP contribution in [0.4, 0.5) is 5.69 Å². The molecule has 4 heteroatoms. The molecule has 2 rings (SSSR count). The molecule has 0 saturated heterocycles. The maximum atomic E-state index is 12.9. The summed E-state index contributed by atoms with van der Waals surface area (Å²) in [5.41, 5.74) is 3.18. The minimum absolute atomic E-state index is 0.0106. The Kier molecular flexibility index (Phi) is 8.14. The number of unbranched alkanes of at least 4 members (excludes halogenated alkanes) is 6. The number of carbonyl (C=O) groups is 2. The van der Waals surface area contributed by atoms with Gasteiger partial charge in [-0.05, 0) is 30.9 Å². The van der Waals surface area contributed by atoms with Crippen LogP contribution in [-0.2, 0) is 16.0 Å². The highest BCUT2D eigenvalue weighted by Crippen LogP contribution is 2.37. The van der Waals surface area contributed by atoms with E-state index in [2.05, 4.69) is 37.4 Å². The van der Waals surface area contributed by atoms with E-state index in [1.807, 2.05) is 4.90 Å². The molecule has 1 N–H and O–H groups in total. The first-order valence-corrected chi connectivity index (χ1v) is 10.3. The van der Waals surface area contributed by atoms with Crippen LogP contribution < -0.4 is 10.2 Å². The lowest BCUT2D eigenvalue weighted by atomic mass is 10.0. The van der Waals surface area contributed by atoms with Crippen LogP contribution in [0.15, 0.2) is 18.2 Å². The van der Waals surface area contributed by atoms with Crippen molar-refractivity contribution in [2.24, 2.45) is 0 Å². The SMILES string of the molecule is CCCCCCCCN1C(=O)C(NC(C)=O)c2cc(CCCC)ccc21. The minimum atomic E-state index is -0.524. The number of anilines is 1. The second-order valence-electron chi connectivity index (χ2n) is 7.39. The Morgan fingerprint density at radius 3 is 2.42 bits per heavy atom. The van der Waals surface area contributed by atoms with E-state index in [1.54, 1.807) is 0 Å². The fraction of sp³-hybridized carbons (Fsp3) is 0.636. The molecule has 1 heterocycles. The second-order valence-corrected chi connectivity index (χ2v) is 7.39. The van der Waals surface area contributed by atoms with Gasteiger partial charge in [-0.3, -0.25) is 9.59 Å². The molecule has 0 saturated carbocycles. The van der Waals surface area contributed by atoms with Crippen LogP contribution in [0.5, 0.6) is 0 Å². The Labute approximate surface area is 158 Å². The molecule has 1 aliphatic rings. The lowest BCUT2D eigenvalue weighted by Crippen LogP contribution is -2.37. The smallest absolute Gasteiger partial charge is 0.254 e. The number of amides is 2. The van der Waals surface area contributed by atoms with Crippen LogP contribution in [0.1, 0.15) is 89.3 Å². The molecule has 0 aromatic heterocycles. The lowest BCUT2D eigenvalue weighted by molar-refractivity contribution is -0.126. The number of benzene rings is 1. The summed E-state index contributed by atoms with van der Waals surface area (Å²) in [5.74, 6) is -0.147. The lowest BCUT2D eigenvalue weighted by Gasteiger charge is -2.18. The quantitative estimate of drug-likeness (QED) is 0.571. The zero-order valence-corrected chi connectivity index (χ0v) is 16.6. The van der Waals surface area contributed by atoms with Crippen molar-refractivity contribution in [3.05, 3.63) is 29.3 Å². The van der Waals surface area contributed by atoms with Gasteiger partial charge in [0.2, 0.25) is 5.91 Å². The Morgan fingerprint density at radius 2 is 1.73 bits per heavy atom. The number of rotatable bonds is 11. The van der Waals surface area contributed by atoms with E-state index >= 15 is 0 Å². The third kappa shape index (κ3) is 5.33. The van der Waals surface area contributed by atoms with Crippen LogP contribution in [0.25, 0.3) is 0 Å². The summed E-state index contributed by atoms with van der Waals surface area (Å²) >= 11 is 0. The maximum Gasteiger partial charge on any atom is 0.254 e. The third-order valence-corrected chi connectivity index (χ3v) is 5.11. The first-order chi connectivity index (χ1) is 12.6. The van der Waals surface area contributed by atoms with Crippen molar-refractivity contribution < 1.29 is 9.59 Å². The highest BCUT2D eigenvalue weighted by Gasteiger charge is 2.37. The zero-order valence-electron chi connectivity index (χ0n) is 16.6. The summed E-state index contributed by atoms with van der Waals surface area (Å²) in [5, 5.41) is 2.85. The van der Waals surface area contributed by atoms with E-state index in [9.17, 15) is 9.59 Å². The highest BCUT2D eigenvalue weighted by atomic mass is 16.2. The molecule has 1 atom stereocenters. The number of aryl methyl sites for hydroxylation is 1. The molecule has 1 unspecified atom stereocenters. The maximum absolute atomic E-state index is 12.9. The van der Waals surface area contributed by atoms with Crippen molar-refractivity contribution in [3.8, 4) is 0 Å². The predicted octanol–water partition coefficient (Wildman–Crippen LogP) is 4.91. The van der Waals surface area contributed by atoms with Crippen molar-refractivity contribution in [1.82, 2.24) is 5.32 Å². The van der Waals surface area contributed by atoms with Crippen molar-refractivity contribution in [1.29, 1.82) is 0 Å². The Morgan fingerprint density at radius 1 is 1.04 bits per heavy atom. The van der Waals surface area contributed by atoms with Gasteiger partial charge in [-0.25, -0.2) is 0 Å². The minimum Gasteiger partial charge on any atom is -0.341 e. The fourth-order valence-corrected chi connectivity index (χ4v) is 3.65. The topological polar surface area (TPSA) is 49.4 Å². The molecule has 4 nitrogen and oxygen atoms in total. The summed E-state index contributed by atoms with van der Waals surface area (Å²) in [6.07, 6.45) is 10.5. The van der Waals surface area contributed by atoms with E-state index in [4.69, 9.17) is 0 Å². The Bertz CT molecular complexity index is 612. The molecule has 0 aliphatic carbocycles. The Balaban J connectivity index is 2.08. The van der Waals surface area contributed by atoms with Gasteiger partial charge < -0.3 is 10.2 Å². The van der Waals surface area contributed by atoms with E-state index < -0.39 is 6.04 Å². The third-order valence-electron chi connectivity index (χ3n) is 5.11. The zero-order chi connectivity index (χ0) is 18.9. The van der Waals surface area contributed by atoms with Gasteiger partial charge in [0.15, 0.2) is 0 Å². The van der Waals surface area contributed by atoms with Crippen LogP contribution >= 0.6 is 0 Å². The van der Waals surface area contributed by atoms with E-state index in [1.165, 1.54) is 38.2 Å². The average Bonchev–Trinajstić information content (AvgIpc) is 2.87. The van der Waals surface area contributed by atoms with Crippen LogP contribution in [-0.4, -0.2) is 18.4 Å². The van der Waals surface area contributed by atoms with Gasteiger partial charge in [0.1, 0.15) is 6.04 Å². The molecule has 0 fully saturated rings. The molecular formula is C22H34N2O2. The summed E-state index contributed by atoms with van der Waals surface area (Å²) in [7, 11) is 0. The standard InChI is InChI=1S/C22H34N2O2/c1-4-6-8-9-10-11-15-24-20-14-13-18(12-7-5-2)16-19(20)21(22(24)26)23-17(3)25/h13-14,16,21H,4-12,15H2,1-3H3,(H,23,25). The molecule has 2 amide bonds. The first kappa shape index (κ1) is 20.5.